The van der Waals surface area contributed by atoms with Crippen LogP contribution >= 0.6 is 0 Å². The Balaban J connectivity index is 0.00000116. The summed E-state index contributed by atoms with van der Waals surface area (Å²) in [4.78, 5) is 10.5. The van der Waals surface area contributed by atoms with E-state index in [4.69, 9.17) is 26.2 Å². The van der Waals surface area contributed by atoms with Gasteiger partial charge in [0.15, 0.2) is 0 Å². The van der Waals surface area contributed by atoms with E-state index in [1.54, 1.807) is 13.0 Å². The number of carboxylic acid groups (broad SMARTS) is 1. The summed E-state index contributed by atoms with van der Waals surface area (Å²) >= 11 is 0. The van der Waals surface area contributed by atoms with Crippen LogP contribution in [-0.4, -0.2) is 84.9 Å². The van der Waals surface area contributed by atoms with E-state index in [9.17, 15) is 20.1 Å². The number of hydrogen-bond donors (Lipinski definition) is 8. The molecule has 0 radical (unpaired) electrons. The zero-order valence-corrected chi connectivity index (χ0v) is 20.7. The fourth-order valence-corrected chi connectivity index (χ4v) is 3.73. The van der Waals surface area contributed by atoms with Crippen LogP contribution in [0, 0.1) is 11.8 Å². The molecule has 1 unspecified atom stereocenters. The lowest BCUT2D eigenvalue weighted by Crippen LogP contribution is -2.50. The lowest BCUT2D eigenvalue weighted by Gasteiger charge is -2.23. The largest absolute Gasteiger partial charge is 0.481 e. The average molecular weight is 490 g/mol. The van der Waals surface area contributed by atoms with Crippen LogP contribution in [0.2, 0.25) is 0 Å². The molecule has 9 nitrogen and oxygen atoms in total. The lowest BCUT2D eigenvalue weighted by molar-refractivity contribution is -0.137. The van der Waals surface area contributed by atoms with Crippen LogP contribution in [0.3, 0.4) is 0 Å². The molecule has 1 aliphatic rings. The standard InChI is InChI=1S/C21H36O5.C4H11NO3/c1-3-4-9-13-21(2,26)14-12-17-16(18(22)15-19(17)23)10-7-5-6-8-11-20(24)25;5-4(1-6,2-7)3-8/h5,7,12,14,16-19,22-23,26H,3-4,6,8-11,13,15H2,1-2H3,(H,24,25);6-8H,1-3,5H2/b7-5+,14-12+;/t16-,17?,18+,19-,21-;/m0./s1. The van der Waals surface area contributed by atoms with Crippen LogP contribution < -0.4 is 5.73 Å². The SMILES string of the molecule is CCCCC[C@](C)(O)/C=C/C1[C@@H](O)C[C@@H](O)[C@H]1C/C=C/CCCC(=O)O.NC(CO)(CO)CO. The second-order valence-electron chi connectivity index (χ2n) is 9.61. The van der Waals surface area contributed by atoms with Gasteiger partial charge < -0.3 is 41.5 Å². The van der Waals surface area contributed by atoms with Crippen molar-refractivity contribution in [1.82, 2.24) is 0 Å². The normalized spacial score (nSPS) is 24.9. The highest BCUT2D eigenvalue weighted by atomic mass is 16.4. The van der Waals surface area contributed by atoms with Crippen molar-refractivity contribution in [2.75, 3.05) is 19.8 Å². The Kier molecular flexibility index (Phi) is 16.5. The molecule has 1 fully saturated rings. The molecule has 0 bridgehead atoms. The fraction of sp³-hybridized carbons (Fsp3) is 0.800. The number of aliphatic hydroxyl groups excluding tert-OH is 5. The highest BCUT2D eigenvalue weighted by Gasteiger charge is 2.39. The maximum Gasteiger partial charge on any atom is 0.303 e. The smallest absolute Gasteiger partial charge is 0.303 e. The first-order valence-corrected chi connectivity index (χ1v) is 12.2. The second-order valence-corrected chi connectivity index (χ2v) is 9.61. The van der Waals surface area contributed by atoms with Gasteiger partial charge in [0, 0.05) is 18.8 Å². The number of aliphatic hydroxyl groups is 6. The minimum atomic E-state index is -1.21. The van der Waals surface area contributed by atoms with Crippen molar-refractivity contribution in [2.45, 2.75) is 95.0 Å². The van der Waals surface area contributed by atoms with Gasteiger partial charge in [-0.25, -0.2) is 0 Å². The first kappa shape index (κ1) is 32.7. The van der Waals surface area contributed by atoms with Crippen molar-refractivity contribution in [1.29, 1.82) is 0 Å². The summed E-state index contributed by atoms with van der Waals surface area (Å²) in [5, 5.41) is 64.6. The number of hydrogen-bond acceptors (Lipinski definition) is 8. The maximum absolute atomic E-state index is 10.5. The Morgan fingerprint density at radius 2 is 1.65 bits per heavy atom. The van der Waals surface area contributed by atoms with E-state index >= 15 is 0 Å². The summed E-state index contributed by atoms with van der Waals surface area (Å²) in [7, 11) is 0. The highest BCUT2D eigenvalue weighted by molar-refractivity contribution is 5.66. The van der Waals surface area contributed by atoms with Gasteiger partial charge in [-0.15, -0.1) is 0 Å². The summed E-state index contributed by atoms with van der Waals surface area (Å²) in [6.07, 6.45) is 12.7. The van der Waals surface area contributed by atoms with Gasteiger partial charge in [0.1, 0.15) is 0 Å². The molecule has 0 aromatic heterocycles. The van der Waals surface area contributed by atoms with Gasteiger partial charge in [0.25, 0.3) is 0 Å². The summed E-state index contributed by atoms with van der Waals surface area (Å²) in [6.45, 7) is 2.70. The molecular formula is C25H47NO8. The predicted molar refractivity (Wildman–Crippen MR) is 131 cm³/mol. The van der Waals surface area contributed by atoms with Gasteiger partial charge >= 0.3 is 5.97 Å². The van der Waals surface area contributed by atoms with E-state index in [0.717, 1.165) is 19.3 Å². The summed E-state index contributed by atoms with van der Waals surface area (Å²) in [5.41, 5.74) is 3.05. The number of carbonyl (C=O) groups is 1. The molecule has 0 aliphatic heterocycles. The Hall–Kier alpha value is -1.33. The molecule has 200 valence electrons. The first-order valence-electron chi connectivity index (χ1n) is 12.2. The van der Waals surface area contributed by atoms with E-state index in [0.29, 0.717) is 32.1 Å². The van der Waals surface area contributed by atoms with Crippen molar-refractivity contribution >= 4 is 5.97 Å². The monoisotopic (exact) mass is 489 g/mol. The molecule has 1 aliphatic carbocycles. The Labute approximate surface area is 203 Å². The van der Waals surface area contributed by atoms with Crippen molar-refractivity contribution in [3.63, 3.8) is 0 Å². The predicted octanol–water partition coefficient (Wildman–Crippen LogP) is 1.09. The van der Waals surface area contributed by atoms with Crippen LogP contribution in [0.4, 0.5) is 0 Å². The zero-order chi connectivity index (χ0) is 26.2. The van der Waals surface area contributed by atoms with E-state index in [-0.39, 0.29) is 18.3 Å². The molecule has 1 rings (SSSR count). The molecule has 1 saturated carbocycles. The number of rotatable bonds is 15. The molecule has 0 spiro atoms. The third kappa shape index (κ3) is 13.5. The average Bonchev–Trinajstić information content (AvgIpc) is 3.06. The van der Waals surface area contributed by atoms with Crippen molar-refractivity contribution < 1.29 is 40.5 Å². The number of allylic oxidation sites excluding steroid dienone is 2. The number of carboxylic acids is 1. The van der Waals surface area contributed by atoms with Crippen LogP contribution in [0.25, 0.3) is 0 Å². The van der Waals surface area contributed by atoms with Crippen LogP contribution in [0.1, 0.15) is 71.6 Å². The van der Waals surface area contributed by atoms with Gasteiger partial charge in [-0.05, 0) is 38.5 Å². The Morgan fingerprint density at radius 1 is 1.03 bits per heavy atom. The minimum Gasteiger partial charge on any atom is -0.481 e. The van der Waals surface area contributed by atoms with E-state index in [2.05, 4.69) is 6.92 Å². The molecule has 34 heavy (non-hydrogen) atoms. The molecule has 0 aromatic carbocycles. The zero-order valence-electron chi connectivity index (χ0n) is 20.7. The number of aliphatic carboxylic acids is 1. The summed E-state index contributed by atoms with van der Waals surface area (Å²) in [5.74, 6) is -1.04. The third-order valence-electron chi connectivity index (χ3n) is 6.16. The maximum atomic E-state index is 10.5. The molecule has 0 saturated heterocycles. The van der Waals surface area contributed by atoms with Crippen molar-refractivity contribution in [3.05, 3.63) is 24.3 Å². The van der Waals surface area contributed by atoms with Gasteiger partial charge in [-0.3, -0.25) is 4.79 Å². The van der Waals surface area contributed by atoms with Gasteiger partial charge in [-0.2, -0.15) is 0 Å². The van der Waals surface area contributed by atoms with Crippen LogP contribution in [-0.2, 0) is 4.79 Å². The van der Waals surface area contributed by atoms with E-state index in [1.165, 1.54) is 0 Å². The summed E-state index contributed by atoms with van der Waals surface area (Å²) < 4.78 is 0. The van der Waals surface area contributed by atoms with Gasteiger partial charge in [0.2, 0.25) is 0 Å². The molecule has 5 atom stereocenters. The Morgan fingerprint density at radius 3 is 2.15 bits per heavy atom. The molecule has 0 heterocycles. The molecule has 0 amide bonds. The van der Waals surface area contributed by atoms with E-state index < -0.39 is 49.1 Å². The Bertz CT molecular complexity index is 595. The van der Waals surface area contributed by atoms with Crippen LogP contribution in [0.15, 0.2) is 24.3 Å². The van der Waals surface area contributed by atoms with E-state index in [1.807, 2.05) is 18.2 Å². The van der Waals surface area contributed by atoms with Crippen molar-refractivity contribution in [2.24, 2.45) is 17.6 Å². The third-order valence-corrected chi connectivity index (χ3v) is 6.16. The molecule has 0 aromatic rings. The molecular weight excluding hydrogens is 442 g/mol. The van der Waals surface area contributed by atoms with Crippen molar-refractivity contribution in [3.8, 4) is 0 Å². The van der Waals surface area contributed by atoms with Gasteiger partial charge in [0.05, 0.1) is 43.2 Å². The molecule has 9 heteroatoms. The number of nitrogens with two attached hydrogens (primary N) is 1. The quantitative estimate of drug-likeness (QED) is 0.123. The van der Waals surface area contributed by atoms with Crippen LogP contribution in [0.5, 0.6) is 0 Å². The highest BCUT2D eigenvalue weighted by Crippen LogP contribution is 2.37. The first-order chi connectivity index (χ1) is 15.9. The molecule has 9 N–H and O–H groups in total. The number of unbranched alkanes of at least 4 members (excludes halogenated alkanes) is 3. The van der Waals surface area contributed by atoms with Gasteiger partial charge in [-0.1, -0.05) is 50.5 Å². The minimum absolute atomic E-state index is 0.0802. The second kappa shape index (κ2) is 17.2. The fourth-order valence-electron chi connectivity index (χ4n) is 3.73. The lowest BCUT2D eigenvalue weighted by atomic mass is 9.88. The topological polar surface area (TPSA) is 185 Å². The summed E-state index contributed by atoms with van der Waals surface area (Å²) in [6, 6.07) is 0.